The van der Waals surface area contributed by atoms with E-state index in [4.69, 9.17) is 4.42 Å². The largest absolute Gasteiger partial charge is 0.456 e. The Kier molecular flexibility index (Phi) is 6.01. The van der Waals surface area contributed by atoms with Crippen LogP contribution in [0.25, 0.3) is 55.3 Å². The van der Waals surface area contributed by atoms with E-state index in [1.165, 1.54) is 44.5 Å². The number of hydrogen-bond donors (Lipinski definition) is 0. The molecule has 0 N–H and O–H groups in total. The summed E-state index contributed by atoms with van der Waals surface area (Å²) in [5.41, 5.74) is 18.3. The minimum atomic E-state index is -0.0890. The summed E-state index contributed by atoms with van der Waals surface area (Å²) in [6.45, 7) is 9.42. The van der Waals surface area contributed by atoms with Gasteiger partial charge >= 0.3 is 0 Å². The molecule has 8 aromatic rings. The van der Waals surface area contributed by atoms with Crippen molar-refractivity contribution < 1.29 is 4.42 Å². The zero-order valence-corrected chi connectivity index (χ0v) is 28.8. The molecule has 0 atom stereocenters. The Labute approximate surface area is 293 Å². The number of hydrogen-bond acceptors (Lipinski definition) is 2. The molecule has 50 heavy (non-hydrogen) atoms. The molecule has 0 aliphatic heterocycles. The molecule has 0 spiro atoms. The van der Waals surface area contributed by atoms with Crippen LogP contribution in [-0.2, 0) is 10.8 Å². The molecule has 2 aliphatic carbocycles. The van der Waals surface area contributed by atoms with Crippen molar-refractivity contribution in [2.45, 2.75) is 38.5 Å². The van der Waals surface area contributed by atoms with Crippen molar-refractivity contribution in [2.75, 3.05) is 4.90 Å². The van der Waals surface area contributed by atoms with Gasteiger partial charge in [0.2, 0.25) is 0 Å². The van der Waals surface area contributed by atoms with Crippen molar-refractivity contribution in [3.8, 4) is 33.4 Å². The number of anilines is 3. The maximum absolute atomic E-state index is 6.24. The zero-order chi connectivity index (χ0) is 33.8. The Balaban J connectivity index is 1.11. The maximum Gasteiger partial charge on any atom is 0.136 e. The van der Waals surface area contributed by atoms with Gasteiger partial charge in [-0.3, -0.25) is 0 Å². The number of para-hydroxylation sites is 1. The first-order valence-corrected chi connectivity index (χ1v) is 17.6. The van der Waals surface area contributed by atoms with Crippen molar-refractivity contribution in [3.63, 3.8) is 0 Å². The predicted molar refractivity (Wildman–Crippen MR) is 209 cm³/mol. The van der Waals surface area contributed by atoms with Crippen LogP contribution < -0.4 is 4.90 Å². The van der Waals surface area contributed by atoms with Gasteiger partial charge in [-0.05, 0) is 110 Å². The lowest BCUT2D eigenvalue weighted by atomic mass is 9.82. The van der Waals surface area contributed by atoms with Gasteiger partial charge in [0.15, 0.2) is 0 Å². The first-order valence-electron chi connectivity index (χ1n) is 17.6. The van der Waals surface area contributed by atoms with E-state index in [9.17, 15) is 0 Å². The van der Waals surface area contributed by atoms with E-state index >= 15 is 0 Å². The highest BCUT2D eigenvalue weighted by molar-refractivity contribution is 6.06. The van der Waals surface area contributed by atoms with Gasteiger partial charge in [-0.25, -0.2) is 0 Å². The molecule has 0 bridgehead atoms. The fraction of sp³-hybridized carbons (Fsp3) is 0.125. The minimum Gasteiger partial charge on any atom is -0.456 e. The van der Waals surface area contributed by atoms with E-state index in [0.717, 1.165) is 50.1 Å². The first-order chi connectivity index (χ1) is 24.3. The van der Waals surface area contributed by atoms with Crippen LogP contribution in [0.15, 0.2) is 156 Å². The third-order valence-corrected chi connectivity index (χ3v) is 11.5. The topological polar surface area (TPSA) is 16.4 Å². The molecule has 2 nitrogen and oxygen atoms in total. The van der Waals surface area contributed by atoms with Crippen LogP contribution in [-0.4, -0.2) is 0 Å². The Morgan fingerprint density at radius 1 is 0.380 bits per heavy atom. The van der Waals surface area contributed by atoms with E-state index in [1.54, 1.807) is 0 Å². The molecule has 0 saturated heterocycles. The molecular weight excluding hydrogens is 607 g/mol. The smallest absolute Gasteiger partial charge is 0.136 e. The highest BCUT2D eigenvalue weighted by atomic mass is 16.3. The second kappa shape index (κ2) is 10.3. The van der Waals surface area contributed by atoms with Crippen LogP contribution in [0.4, 0.5) is 17.1 Å². The number of nitrogens with zero attached hydrogens (tertiary/aromatic N) is 1. The number of rotatable bonds is 4. The van der Waals surface area contributed by atoms with Crippen molar-refractivity contribution in [3.05, 3.63) is 174 Å². The van der Waals surface area contributed by atoms with E-state index in [0.29, 0.717) is 0 Å². The molecule has 0 amide bonds. The lowest BCUT2D eigenvalue weighted by Crippen LogP contribution is -2.18. The van der Waals surface area contributed by atoms with Gasteiger partial charge in [0.25, 0.3) is 0 Å². The second-order valence-electron chi connectivity index (χ2n) is 15.0. The van der Waals surface area contributed by atoms with Gasteiger partial charge in [-0.15, -0.1) is 0 Å². The molecule has 240 valence electrons. The summed E-state index contributed by atoms with van der Waals surface area (Å²) in [5.74, 6) is 0. The van der Waals surface area contributed by atoms with E-state index in [-0.39, 0.29) is 10.8 Å². The quantitative estimate of drug-likeness (QED) is 0.190. The van der Waals surface area contributed by atoms with Crippen molar-refractivity contribution in [1.82, 2.24) is 0 Å². The average Bonchev–Trinajstić information content (AvgIpc) is 3.71. The molecule has 2 heteroatoms. The molecule has 1 heterocycles. The second-order valence-corrected chi connectivity index (χ2v) is 15.0. The molecule has 0 saturated carbocycles. The van der Waals surface area contributed by atoms with Crippen molar-refractivity contribution in [1.29, 1.82) is 0 Å². The summed E-state index contributed by atoms with van der Waals surface area (Å²) < 4.78 is 6.24. The predicted octanol–water partition coefficient (Wildman–Crippen LogP) is 13.3. The maximum atomic E-state index is 6.24. The summed E-state index contributed by atoms with van der Waals surface area (Å²) in [7, 11) is 0. The van der Waals surface area contributed by atoms with E-state index in [2.05, 4.69) is 172 Å². The zero-order valence-electron chi connectivity index (χ0n) is 28.8. The third kappa shape index (κ3) is 4.08. The van der Waals surface area contributed by atoms with Crippen LogP contribution >= 0.6 is 0 Å². The minimum absolute atomic E-state index is 0.0890. The standard InChI is InChI=1S/C48H37NO/c1-47(2)41-14-8-5-11-35(41)37-25-22-33(28-43(37)47)49(34-23-26-38-36-12-6-9-15-42(36)48(3,4)44(38)29-34)32-20-17-30(18-21-32)31-19-24-40-39-13-7-10-16-45(39)50-46(40)27-31/h5-29H,1-4H3. The van der Waals surface area contributed by atoms with E-state index < -0.39 is 0 Å². The van der Waals surface area contributed by atoms with Crippen LogP contribution in [0.1, 0.15) is 49.9 Å². The fourth-order valence-electron chi connectivity index (χ4n) is 8.82. The lowest BCUT2D eigenvalue weighted by molar-refractivity contribution is 0.660. The Morgan fingerprint density at radius 3 is 1.48 bits per heavy atom. The van der Waals surface area contributed by atoms with Gasteiger partial charge in [0.05, 0.1) is 0 Å². The van der Waals surface area contributed by atoms with Gasteiger partial charge in [-0.2, -0.15) is 0 Å². The number of fused-ring (bicyclic) bond motifs is 9. The van der Waals surface area contributed by atoms with Crippen LogP contribution in [0.3, 0.4) is 0 Å². The molecule has 2 aliphatic rings. The summed E-state index contributed by atoms with van der Waals surface area (Å²) in [4.78, 5) is 2.44. The molecular formula is C48H37NO. The SMILES string of the molecule is CC1(C)c2ccccc2-c2ccc(N(c3ccc(-c4ccc5c(c4)oc4ccccc45)cc3)c3ccc4c(c3)C(C)(C)c3ccccc3-4)cc21. The van der Waals surface area contributed by atoms with Crippen molar-refractivity contribution >= 4 is 39.0 Å². The summed E-state index contributed by atoms with van der Waals surface area (Å²) in [5, 5.41) is 2.30. The molecule has 7 aromatic carbocycles. The van der Waals surface area contributed by atoms with Crippen molar-refractivity contribution in [2.24, 2.45) is 0 Å². The molecule has 0 radical (unpaired) electrons. The fourth-order valence-corrected chi connectivity index (χ4v) is 8.82. The van der Waals surface area contributed by atoms with Gasteiger partial charge in [0.1, 0.15) is 11.2 Å². The highest BCUT2D eigenvalue weighted by Gasteiger charge is 2.37. The van der Waals surface area contributed by atoms with Crippen LogP contribution in [0.2, 0.25) is 0 Å². The average molecular weight is 644 g/mol. The first kappa shape index (κ1) is 29.1. The molecule has 1 aromatic heterocycles. The molecule has 0 fully saturated rings. The highest BCUT2D eigenvalue weighted by Crippen LogP contribution is 2.53. The lowest BCUT2D eigenvalue weighted by Gasteiger charge is -2.30. The van der Waals surface area contributed by atoms with E-state index in [1.807, 2.05) is 12.1 Å². The van der Waals surface area contributed by atoms with Gasteiger partial charge in [0, 0.05) is 38.7 Å². The van der Waals surface area contributed by atoms with Crippen LogP contribution in [0.5, 0.6) is 0 Å². The molecule has 10 rings (SSSR count). The van der Waals surface area contributed by atoms with Crippen LogP contribution in [0, 0.1) is 0 Å². The Morgan fingerprint density at radius 2 is 0.860 bits per heavy atom. The monoisotopic (exact) mass is 643 g/mol. The summed E-state index contributed by atoms with van der Waals surface area (Å²) >= 11 is 0. The van der Waals surface area contributed by atoms with Gasteiger partial charge < -0.3 is 9.32 Å². The summed E-state index contributed by atoms with van der Waals surface area (Å²) in [6, 6.07) is 55.7. The molecule has 0 unspecified atom stereocenters. The van der Waals surface area contributed by atoms with Gasteiger partial charge in [-0.1, -0.05) is 125 Å². The number of benzene rings is 7. The Hall–Kier alpha value is -5.86. The normalized spacial score (nSPS) is 14.7. The Bertz CT molecular complexity index is 2550. The summed E-state index contributed by atoms with van der Waals surface area (Å²) in [6.07, 6.45) is 0. The third-order valence-electron chi connectivity index (χ3n) is 11.5. The number of furan rings is 1.